The number of nitrogens with one attached hydrogen (secondary N) is 1. The molecule has 1 heterocycles. The molecule has 0 fully saturated rings. The predicted octanol–water partition coefficient (Wildman–Crippen LogP) is 1.88. The first-order chi connectivity index (χ1) is 6.72. The second-order valence-corrected chi connectivity index (χ2v) is 3.43. The summed E-state index contributed by atoms with van der Waals surface area (Å²) >= 11 is 5.42. The second kappa shape index (κ2) is 5.70. The molecule has 1 aromatic heterocycles. The minimum atomic E-state index is -0.0109. The minimum absolute atomic E-state index is 0.0109. The summed E-state index contributed by atoms with van der Waals surface area (Å²) in [6.45, 7) is 2.50. The van der Waals surface area contributed by atoms with Gasteiger partial charge >= 0.3 is 0 Å². The molecule has 0 aliphatic carbocycles. The summed E-state index contributed by atoms with van der Waals surface area (Å²) in [5, 5.41) is 2.76. The van der Waals surface area contributed by atoms with Crippen LogP contribution in [0.2, 0.25) is 0 Å². The molecule has 0 aromatic carbocycles. The van der Waals surface area contributed by atoms with Gasteiger partial charge in [0.15, 0.2) is 0 Å². The number of hydrogen-bond donors (Lipinski definition) is 1. The lowest BCUT2D eigenvalue weighted by molar-refractivity contribution is -0.120. The molecule has 0 radical (unpaired) electrons. The number of aryl methyl sites for hydroxylation is 1. The number of alkyl halides is 1. The number of carbonyl (C=O) groups is 1. The molecule has 1 rings (SSSR count). The van der Waals surface area contributed by atoms with Crippen LogP contribution < -0.4 is 5.32 Å². The normalized spacial score (nSPS) is 10.1. The van der Waals surface area contributed by atoms with Gasteiger partial charge in [0, 0.05) is 25.3 Å². The van der Waals surface area contributed by atoms with Gasteiger partial charge in [0.1, 0.15) is 11.5 Å². The highest BCUT2D eigenvalue weighted by Gasteiger charge is 2.01. The van der Waals surface area contributed by atoms with Gasteiger partial charge in [-0.3, -0.25) is 4.79 Å². The van der Waals surface area contributed by atoms with Crippen molar-refractivity contribution >= 4 is 17.5 Å². The van der Waals surface area contributed by atoms with Gasteiger partial charge in [-0.2, -0.15) is 0 Å². The van der Waals surface area contributed by atoms with E-state index in [0.717, 1.165) is 17.9 Å². The average molecular weight is 216 g/mol. The Morgan fingerprint density at radius 3 is 2.93 bits per heavy atom. The molecular weight excluding hydrogens is 202 g/mol. The van der Waals surface area contributed by atoms with E-state index < -0.39 is 0 Å². The van der Waals surface area contributed by atoms with Gasteiger partial charge in [-0.05, 0) is 19.1 Å². The molecule has 0 aliphatic heterocycles. The highest BCUT2D eigenvalue weighted by molar-refractivity contribution is 6.18. The van der Waals surface area contributed by atoms with Crippen molar-refractivity contribution in [3.8, 4) is 0 Å². The largest absolute Gasteiger partial charge is 0.466 e. The lowest BCUT2D eigenvalue weighted by Gasteiger charge is -2.01. The number of furan rings is 1. The van der Waals surface area contributed by atoms with E-state index in [4.69, 9.17) is 16.0 Å². The van der Waals surface area contributed by atoms with E-state index in [-0.39, 0.29) is 5.91 Å². The molecule has 0 unspecified atom stereocenters. The summed E-state index contributed by atoms with van der Waals surface area (Å²) in [4.78, 5) is 11.0. The maximum absolute atomic E-state index is 11.0. The van der Waals surface area contributed by atoms with Gasteiger partial charge < -0.3 is 9.73 Å². The first-order valence-electron chi connectivity index (χ1n) is 4.60. The number of amides is 1. The number of halogens is 1. The molecule has 0 saturated heterocycles. The molecule has 0 saturated carbocycles. The number of rotatable bonds is 5. The molecule has 1 amide bonds. The van der Waals surface area contributed by atoms with Crippen LogP contribution in [0.1, 0.15) is 17.9 Å². The van der Waals surface area contributed by atoms with E-state index in [1.807, 2.05) is 19.1 Å². The Hall–Kier alpha value is -0.960. The number of carbonyl (C=O) groups excluding carboxylic acids is 1. The van der Waals surface area contributed by atoms with E-state index in [1.165, 1.54) is 0 Å². The third kappa shape index (κ3) is 3.83. The van der Waals surface area contributed by atoms with Crippen molar-refractivity contribution in [2.75, 3.05) is 12.4 Å². The Balaban J connectivity index is 2.18. The molecule has 0 aliphatic rings. The monoisotopic (exact) mass is 215 g/mol. The fraction of sp³-hybridized carbons (Fsp3) is 0.500. The first kappa shape index (κ1) is 11.1. The molecule has 1 N–H and O–H groups in total. The van der Waals surface area contributed by atoms with Crippen LogP contribution in [0, 0.1) is 6.92 Å². The van der Waals surface area contributed by atoms with E-state index in [1.54, 1.807) is 0 Å². The minimum Gasteiger partial charge on any atom is -0.466 e. The van der Waals surface area contributed by atoms with Gasteiger partial charge in [0.2, 0.25) is 5.91 Å². The maximum atomic E-state index is 11.0. The standard InChI is InChI=1S/C10H14ClNO2/c1-8-2-3-9(14-8)5-7-12-10(13)4-6-11/h2-3H,4-7H2,1H3,(H,12,13). The van der Waals surface area contributed by atoms with Crippen molar-refractivity contribution in [3.05, 3.63) is 23.7 Å². The van der Waals surface area contributed by atoms with E-state index in [2.05, 4.69) is 5.32 Å². The first-order valence-corrected chi connectivity index (χ1v) is 5.14. The van der Waals surface area contributed by atoms with E-state index in [0.29, 0.717) is 18.8 Å². The fourth-order valence-electron chi connectivity index (χ4n) is 1.12. The second-order valence-electron chi connectivity index (χ2n) is 3.05. The van der Waals surface area contributed by atoms with Crippen LogP contribution in [-0.2, 0) is 11.2 Å². The Morgan fingerprint density at radius 2 is 2.36 bits per heavy atom. The van der Waals surface area contributed by atoms with Crippen LogP contribution in [0.15, 0.2) is 16.5 Å². The van der Waals surface area contributed by atoms with Crippen molar-refractivity contribution < 1.29 is 9.21 Å². The SMILES string of the molecule is Cc1ccc(CCNC(=O)CCCl)o1. The highest BCUT2D eigenvalue weighted by Crippen LogP contribution is 2.05. The third-order valence-electron chi connectivity index (χ3n) is 1.81. The summed E-state index contributed by atoms with van der Waals surface area (Å²) in [7, 11) is 0. The quantitative estimate of drug-likeness (QED) is 0.763. The lowest BCUT2D eigenvalue weighted by atomic mass is 10.3. The van der Waals surface area contributed by atoms with Crippen molar-refractivity contribution in [2.24, 2.45) is 0 Å². The molecule has 0 atom stereocenters. The average Bonchev–Trinajstić information content (AvgIpc) is 2.52. The fourth-order valence-corrected chi connectivity index (χ4v) is 1.29. The van der Waals surface area contributed by atoms with Crippen LogP contribution in [0.4, 0.5) is 0 Å². The maximum Gasteiger partial charge on any atom is 0.221 e. The van der Waals surface area contributed by atoms with E-state index in [9.17, 15) is 4.79 Å². The Kier molecular flexibility index (Phi) is 4.53. The molecule has 3 nitrogen and oxygen atoms in total. The van der Waals surface area contributed by atoms with Gasteiger partial charge in [0.25, 0.3) is 0 Å². The predicted molar refractivity (Wildman–Crippen MR) is 55.5 cm³/mol. The molecule has 4 heteroatoms. The zero-order chi connectivity index (χ0) is 10.4. The summed E-state index contributed by atoms with van der Waals surface area (Å²) in [5.41, 5.74) is 0. The molecule has 1 aromatic rings. The topological polar surface area (TPSA) is 42.2 Å². The van der Waals surface area contributed by atoms with Crippen LogP contribution in [0.25, 0.3) is 0 Å². The zero-order valence-electron chi connectivity index (χ0n) is 8.18. The number of hydrogen-bond acceptors (Lipinski definition) is 2. The van der Waals surface area contributed by atoms with Gasteiger partial charge in [-0.1, -0.05) is 0 Å². The summed E-state index contributed by atoms with van der Waals surface area (Å²) in [6, 6.07) is 3.83. The van der Waals surface area contributed by atoms with Crippen molar-refractivity contribution in [3.63, 3.8) is 0 Å². The third-order valence-corrected chi connectivity index (χ3v) is 2.00. The van der Waals surface area contributed by atoms with Gasteiger partial charge in [-0.25, -0.2) is 0 Å². The smallest absolute Gasteiger partial charge is 0.221 e. The zero-order valence-corrected chi connectivity index (χ0v) is 8.93. The van der Waals surface area contributed by atoms with Crippen LogP contribution >= 0.6 is 11.6 Å². The molecule has 0 spiro atoms. The van der Waals surface area contributed by atoms with Crippen molar-refractivity contribution in [1.29, 1.82) is 0 Å². The Labute approximate surface area is 88.4 Å². The molecule has 78 valence electrons. The summed E-state index contributed by atoms with van der Waals surface area (Å²) in [6.07, 6.45) is 1.10. The van der Waals surface area contributed by atoms with Gasteiger partial charge in [-0.15, -0.1) is 11.6 Å². The Morgan fingerprint density at radius 1 is 1.57 bits per heavy atom. The van der Waals surface area contributed by atoms with Crippen LogP contribution in [-0.4, -0.2) is 18.3 Å². The van der Waals surface area contributed by atoms with Crippen molar-refractivity contribution in [1.82, 2.24) is 5.32 Å². The summed E-state index contributed by atoms with van der Waals surface area (Å²) in [5.74, 6) is 2.15. The molecule has 14 heavy (non-hydrogen) atoms. The van der Waals surface area contributed by atoms with Crippen molar-refractivity contribution in [2.45, 2.75) is 19.8 Å². The van der Waals surface area contributed by atoms with Crippen LogP contribution in [0.5, 0.6) is 0 Å². The highest BCUT2D eigenvalue weighted by atomic mass is 35.5. The molecule has 0 bridgehead atoms. The van der Waals surface area contributed by atoms with Gasteiger partial charge in [0.05, 0.1) is 0 Å². The molecular formula is C10H14ClNO2. The van der Waals surface area contributed by atoms with E-state index >= 15 is 0 Å². The van der Waals surface area contributed by atoms with Crippen LogP contribution in [0.3, 0.4) is 0 Å². The Bertz CT molecular complexity index is 296. The summed E-state index contributed by atoms with van der Waals surface area (Å²) < 4.78 is 5.35. The lowest BCUT2D eigenvalue weighted by Crippen LogP contribution is -2.25.